The SMILES string of the molecule is CC(=O)NC1=C(I)Cc2ccccc21. The minimum atomic E-state index is -0.00845. The molecule has 0 fully saturated rings. The maximum Gasteiger partial charge on any atom is 0.221 e. The van der Waals surface area contributed by atoms with Crippen LogP contribution in [0.1, 0.15) is 18.1 Å². The van der Waals surface area contributed by atoms with E-state index >= 15 is 0 Å². The molecule has 0 spiro atoms. The van der Waals surface area contributed by atoms with Crippen LogP contribution in [0.15, 0.2) is 27.8 Å². The van der Waals surface area contributed by atoms with Gasteiger partial charge in [-0.2, -0.15) is 0 Å². The third-order valence-electron chi connectivity index (χ3n) is 2.20. The van der Waals surface area contributed by atoms with E-state index in [-0.39, 0.29) is 5.91 Å². The molecule has 0 unspecified atom stereocenters. The van der Waals surface area contributed by atoms with Gasteiger partial charge in [0.2, 0.25) is 5.91 Å². The Kier molecular flexibility index (Phi) is 2.58. The lowest BCUT2D eigenvalue weighted by Crippen LogP contribution is -2.17. The number of benzene rings is 1. The van der Waals surface area contributed by atoms with Crippen molar-refractivity contribution in [1.82, 2.24) is 5.32 Å². The quantitative estimate of drug-likeness (QED) is 0.793. The highest BCUT2D eigenvalue weighted by Gasteiger charge is 2.19. The van der Waals surface area contributed by atoms with Gasteiger partial charge in [0.05, 0.1) is 5.70 Å². The lowest BCUT2D eigenvalue weighted by molar-refractivity contribution is -0.117. The van der Waals surface area contributed by atoms with Crippen LogP contribution in [0.3, 0.4) is 0 Å². The van der Waals surface area contributed by atoms with Gasteiger partial charge in [-0.15, -0.1) is 0 Å². The molecule has 0 atom stereocenters. The van der Waals surface area contributed by atoms with Crippen LogP contribution in [0.25, 0.3) is 5.70 Å². The summed E-state index contributed by atoms with van der Waals surface area (Å²) in [6.45, 7) is 1.54. The molecule has 3 heteroatoms. The average Bonchev–Trinajstić information content (AvgIpc) is 2.43. The molecule has 0 radical (unpaired) electrons. The monoisotopic (exact) mass is 299 g/mol. The summed E-state index contributed by atoms with van der Waals surface area (Å²) in [5, 5.41) is 2.88. The second kappa shape index (κ2) is 3.73. The Hall–Kier alpha value is -0.840. The van der Waals surface area contributed by atoms with Crippen molar-refractivity contribution in [2.75, 3.05) is 0 Å². The molecular formula is C11H10INO. The molecule has 72 valence electrons. The Balaban J connectivity index is 2.41. The number of hydrogen-bond donors (Lipinski definition) is 1. The van der Waals surface area contributed by atoms with E-state index in [0.717, 1.165) is 17.7 Å². The number of hydrogen-bond acceptors (Lipinski definition) is 1. The van der Waals surface area contributed by atoms with Crippen molar-refractivity contribution in [3.8, 4) is 0 Å². The van der Waals surface area contributed by atoms with Crippen LogP contribution < -0.4 is 5.32 Å². The van der Waals surface area contributed by atoms with E-state index in [1.165, 1.54) is 16.1 Å². The first-order chi connectivity index (χ1) is 6.68. The highest BCUT2D eigenvalue weighted by Crippen LogP contribution is 2.34. The molecule has 1 aromatic rings. The Bertz CT molecular complexity index is 423. The molecule has 1 aromatic carbocycles. The highest BCUT2D eigenvalue weighted by atomic mass is 127. The fraction of sp³-hybridized carbons (Fsp3) is 0.182. The summed E-state index contributed by atoms with van der Waals surface area (Å²) < 4.78 is 1.21. The smallest absolute Gasteiger partial charge is 0.221 e. The van der Waals surface area contributed by atoms with E-state index in [2.05, 4.69) is 34.0 Å². The van der Waals surface area contributed by atoms with Crippen molar-refractivity contribution in [2.24, 2.45) is 0 Å². The molecular weight excluding hydrogens is 289 g/mol. The number of amides is 1. The fourth-order valence-electron chi connectivity index (χ4n) is 1.63. The fourth-order valence-corrected chi connectivity index (χ4v) is 2.47. The lowest BCUT2D eigenvalue weighted by Gasteiger charge is -2.05. The summed E-state index contributed by atoms with van der Waals surface area (Å²) in [5.74, 6) is -0.00845. The van der Waals surface area contributed by atoms with Crippen molar-refractivity contribution in [3.63, 3.8) is 0 Å². The Labute approximate surface area is 96.5 Å². The van der Waals surface area contributed by atoms with Crippen LogP contribution in [0.5, 0.6) is 0 Å². The zero-order valence-corrected chi connectivity index (χ0v) is 9.96. The molecule has 2 rings (SSSR count). The first kappa shape index (κ1) is 9.71. The molecule has 1 amide bonds. The van der Waals surface area contributed by atoms with E-state index in [1.54, 1.807) is 0 Å². The summed E-state index contributed by atoms with van der Waals surface area (Å²) in [6, 6.07) is 8.17. The number of carbonyl (C=O) groups excluding carboxylic acids is 1. The molecule has 1 aliphatic carbocycles. The van der Waals surface area contributed by atoms with Gasteiger partial charge in [-0.05, 0) is 28.2 Å². The van der Waals surface area contributed by atoms with Gasteiger partial charge in [-0.3, -0.25) is 4.79 Å². The third kappa shape index (κ3) is 1.68. The number of nitrogens with one attached hydrogen (secondary N) is 1. The Morgan fingerprint density at radius 1 is 1.43 bits per heavy atom. The largest absolute Gasteiger partial charge is 0.325 e. The summed E-state index contributed by atoms with van der Waals surface area (Å²) in [7, 11) is 0. The molecule has 0 saturated heterocycles. The van der Waals surface area contributed by atoms with E-state index in [0.29, 0.717) is 0 Å². The maximum absolute atomic E-state index is 11.0. The van der Waals surface area contributed by atoms with Crippen molar-refractivity contribution in [2.45, 2.75) is 13.3 Å². The van der Waals surface area contributed by atoms with Crippen LogP contribution in [0, 0.1) is 0 Å². The normalized spacial score (nSPS) is 14.1. The van der Waals surface area contributed by atoms with Crippen LogP contribution >= 0.6 is 22.6 Å². The molecule has 14 heavy (non-hydrogen) atoms. The summed E-state index contributed by atoms with van der Waals surface area (Å²) in [6.07, 6.45) is 0.937. The predicted octanol–water partition coefficient (Wildman–Crippen LogP) is 2.48. The molecule has 2 nitrogen and oxygen atoms in total. The van der Waals surface area contributed by atoms with Crippen molar-refractivity contribution in [1.29, 1.82) is 0 Å². The zero-order chi connectivity index (χ0) is 10.1. The van der Waals surface area contributed by atoms with Crippen LogP contribution in [-0.2, 0) is 11.2 Å². The number of rotatable bonds is 1. The first-order valence-corrected chi connectivity index (χ1v) is 5.51. The van der Waals surface area contributed by atoms with Crippen LogP contribution in [-0.4, -0.2) is 5.91 Å². The van der Waals surface area contributed by atoms with Crippen molar-refractivity contribution in [3.05, 3.63) is 39.0 Å². The first-order valence-electron chi connectivity index (χ1n) is 4.43. The minimum Gasteiger partial charge on any atom is -0.325 e. The molecule has 0 aromatic heterocycles. The second-order valence-electron chi connectivity index (χ2n) is 3.30. The second-order valence-corrected chi connectivity index (χ2v) is 4.60. The van der Waals surface area contributed by atoms with Crippen LogP contribution in [0.2, 0.25) is 0 Å². The highest BCUT2D eigenvalue weighted by molar-refractivity contribution is 14.1. The predicted molar refractivity (Wildman–Crippen MR) is 64.9 cm³/mol. The molecule has 0 saturated carbocycles. The molecule has 1 aliphatic rings. The van der Waals surface area contributed by atoms with Gasteiger partial charge < -0.3 is 5.32 Å². The van der Waals surface area contributed by atoms with E-state index in [1.807, 2.05) is 18.2 Å². The summed E-state index contributed by atoms with van der Waals surface area (Å²) in [5.41, 5.74) is 3.43. The number of halogens is 1. The zero-order valence-electron chi connectivity index (χ0n) is 7.80. The number of allylic oxidation sites excluding steroid dienone is 1. The molecule has 1 N–H and O–H groups in total. The summed E-state index contributed by atoms with van der Waals surface area (Å²) in [4.78, 5) is 11.0. The van der Waals surface area contributed by atoms with Gasteiger partial charge >= 0.3 is 0 Å². The molecule has 0 aliphatic heterocycles. The third-order valence-corrected chi connectivity index (χ3v) is 3.13. The number of fused-ring (bicyclic) bond motifs is 1. The molecule has 0 bridgehead atoms. The van der Waals surface area contributed by atoms with Gasteiger partial charge in [0.15, 0.2) is 0 Å². The van der Waals surface area contributed by atoms with Crippen LogP contribution in [0.4, 0.5) is 0 Å². The van der Waals surface area contributed by atoms with Gasteiger partial charge in [0.1, 0.15) is 0 Å². The van der Waals surface area contributed by atoms with Crippen molar-refractivity contribution < 1.29 is 4.79 Å². The van der Waals surface area contributed by atoms with Gasteiger partial charge in [-0.1, -0.05) is 24.3 Å². The number of carbonyl (C=O) groups is 1. The Morgan fingerprint density at radius 2 is 2.14 bits per heavy atom. The maximum atomic E-state index is 11.0. The lowest BCUT2D eigenvalue weighted by atomic mass is 10.1. The summed E-state index contributed by atoms with van der Waals surface area (Å²) >= 11 is 2.29. The van der Waals surface area contributed by atoms with E-state index in [9.17, 15) is 4.79 Å². The Morgan fingerprint density at radius 3 is 2.86 bits per heavy atom. The van der Waals surface area contributed by atoms with Gasteiger partial charge in [-0.25, -0.2) is 0 Å². The standard InChI is InChI=1S/C11H10INO/c1-7(14)13-11-9-5-3-2-4-8(9)6-10(11)12/h2-5H,6H2,1H3,(H,13,14). The van der Waals surface area contributed by atoms with E-state index < -0.39 is 0 Å². The minimum absolute atomic E-state index is 0.00845. The average molecular weight is 299 g/mol. The molecule has 0 heterocycles. The van der Waals surface area contributed by atoms with Crippen molar-refractivity contribution >= 4 is 34.2 Å². The van der Waals surface area contributed by atoms with Gasteiger partial charge in [0, 0.05) is 22.5 Å². The van der Waals surface area contributed by atoms with Gasteiger partial charge in [0.25, 0.3) is 0 Å². The van der Waals surface area contributed by atoms with E-state index in [4.69, 9.17) is 0 Å². The topological polar surface area (TPSA) is 29.1 Å².